The van der Waals surface area contributed by atoms with Gasteiger partial charge in [-0.1, -0.05) is 30.9 Å². The lowest BCUT2D eigenvalue weighted by molar-refractivity contribution is -0.658. The average molecular weight is 396 g/mol. The Labute approximate surface area is 168 Å². The van der Waals surface area contributed by atoms with Crippen molar-refractivity contribution in [2.24, 2.45) is 0 Å². The number of benzene rings is 2. The fourth-order valence-corrected chi connectivity index (χ4v) is 3.83. The number of ether oxygens (including phenoxy) is 1. The second kappa shape index (κ2) is 9.05. The molecule has 144 valence electrons. The van der Waals surface area contributed by atoms with Crippen molar-refractivity contribution in [3.63, 3.8) is 0 Å². The molecule has 1 heterocycles. The van der Waals surface area contributed by atoms with Crippen LogP contribution in [-0.2, 0) is 6.54 Å². The zero-order chi connectivity index (χ0) is 19.9. The van der Waals surface area contributed by atoms with Gasteiger partial charge >= 0.3 is 11.2 Å². The lowest BCUT2D eigenvalue weighted by Crippen LogP contribution is -2.42. The summed E-state index contributed by atoms with van der Waals surface area (Å²) in [7, 11) is 1.65. The van der Waals surface area contributed by atoms with E-state index in [1.165, 1.54) is 0 Å². The Balaban J connectivity index is 1.79. The van der Waals surface area contributed by atoms with Crippen molar-refractivity contribution in [1.82, 2.24) is 5.43 Å². The van der Waals surface area contributed by atoms with Gasteiger partial charge in [-0.05, 0) is 54.7 Å². The summed E-state index contributed by atoms with van der Waals surface area (Å²) in [5.74, 6) is 0.810. The summed E-state index contributed by atoms with van der Waals surface area (Å²) in [6, 6.07) is 16.9. The minimum Gasteiger partial charge on any atom is -0.497 e. The predicted molar refractivity (Wildman–Crippen MR) is 114 cm³/mol. The highest BCUT2D eigenvalue weighted by atomic mass is 32.1. The molecule has 1 aromatic heterocycles. The van der Waals surface area contributed by atoms with E-state index < -0.39 is 0 Å². The summed E-state index contributed by atoms with van der Waals surface area (Å²) in [4.78, 5) is 13.3. The lowest BCUT2D eigenvalue weighted by atomic mass is 10.1. The topological polar surface area (TPSA) is 66.3 Å². The molecule has 3 N–H and O–H groups in total. The van der Waals surface area contributed by atoms with Gasteiger partial charge in [-0.3, -0.25) is 0 Å². The average Bonchev–Trinajstić information content (AvgIpc) is 3.02. The van der Waals surface area contributed by atoms with Crippen LogP contribution in [-0.4, -0.2) is 13.1 Å². The zero-order valence-corrected chi connectivity index (χ0v) is 16.7. The Kier molecular flexibility index (Phi) is 6.29. The highest BCUT2D eigenvalue weighted by molar-refractivity contribution is 7.15. The van der Waals surface area contributed by atoms with Crippen molar-refractivity contribution in [3.8, 4) is 17.0 Å². The van der Waals surface area contributed by atoms with Crippen molar-refractivity contribution in [1.29, 1.82) is 0 Å². The van der Waals surface area contributed by atoms with E-state index in [4.69, 9.17) is 4.74 Å². The number of aromatic nitrogens is 1. The highest BCUT2D eigenvalue weighted by Gasteiger charge is 2.23. The number of nitrogens with one attached hydrogen (secondary N) is 3. The van der Waals surface area contributed by atoms with Crippen LogP contribution in [0, 0.1) is 6.92 Å². The first-order valence-corrected chi connectivity index (χ1v) is 9.60. The molecule has 0 saturated heterocycles. The Hall–Kier alpha value is -3.32. The van der Waals surface area contributed by atoms with E-state index in [1.807, 2.05) is 60.7 Å². The normalized spacial score (nSPS) is 10.2. The number of rotatable bonds is 7. The van der Waals surface area contributed by atoms with Crippen LogP contribution in [0.1, 0.15) is 4.88 Å². The summed E-state index contributed by atoms with van der Waals surface area (Å²) < 4.78 is 7.33. The third-order valence-corrected chi connectivity index (χ3v) is 5.10. The smallest absolute Gasteiger partial charge is 0.358 e. The lowest BCUT2D eigenvalue weighted by Gasteiger charge is -2.07. The minimum absolute atomic E-state index is 0.339. The maximum Gasteiger partial charge on any atom is 0.358 e. The highest BCUT2D eigenvalue weighted by Crippen LogP contribution is 2.29. The summed E-state index contributed by atoms with van der Waals surface area (Å²) >= 11 is 1.56. The van der Waals surface area contributed by atoms with Gasteiger partial charge in [0.15, 0.2) is 0 Å². The molecule has 0 atom stereocenters. The van der Waals surface area contributed by atoms with Crippen LogP contribution in [0.15, 0.2) is 67.3 Å². The molecular formula is C21H23N4O2S+. The first-order chi connectivity index (χ1) is 13.6. The largest absolute Gasteiger partial charge is 0.497 e. The molecule has 0 bridgehead atoms. The zero-order valence-electron chi connectivity index (χ0n) is 15.9. The molecule has 0 unspecified atom stereocenters. The number of para-hydroxylation sites is 1. The minimum atomic E-state index is -0.339. The number of urea groups is 1. The van der Waals surface area contributed by atoms with E-state index in [-0.39, 0.29) is 6.03 Å². The fourth-order valence-electron chi connectivity index (χ4n) is 2.84. The van der Waals surface area contributed by atoms with Gasteiger partial charge in [0.05, 0.1) is 12.0 Å². The molecule has 2 aromatic carbocycles. The van der Waals surface area contributed by atoms with Gasteiger partial charge in [-0.2, -0.15) is 10.9 Å². The van der Waals surface area contributed by atoms with Crippen LogP contribution in [0.3, 0.4) is 0 Å². The summed E-state index contributed by atoms with van der Waals surface area (Å²) in [5, 5.41) is 3.59. The van der Waals surface area contributed by atoms with E-state index in [9.17, 15) is 4.79 Å². The van der Waals surface area contributed by atoms with Crippen LogP contribution in [0.4, 0.5) is 15.6 Å². The number of nitrogens with zero attached hydrogens (tertiary/aromatic N) is 1. The van der Waals surface area contributed by atoms with Crippen LogP contribution in [0.25, 0.3) is 11.3 Å². The number of hydrogen-bond acceptors (Lipinski definition) is 4. The molecule has 0 aliphatic heterocycles. The number of anilines is 2. The number of thiazole rings is 1. The fraction of sp³-hybridized carbons (Fsp3) is 0.143. The van der Waals surface area contributed by atoms with Gasteiger partial charge in [-0.15, -0.1) is 0 Å². The number of methoxy groups -OCH3 is 1. The van der Waals surface area contributed by atoms with Gasteiger partial charge in [-0.25, -0.2) is 9.36 Å². The van der Waals surface area contributed by atoms with E-state index >= 15 is 0 Å². The molecule has 0 fully saturated rings. The van der Waals surface area contributed by atoms with Crippen molar-refractivity contribution in [2.75, 3.05) is 17.9 Å². The number of hydrazine groups is 1. The van der Waals surface area contributed by atoms with Gasteiger partial charge in [0.2, 0.25) is 0 Å². The predicted octanol–water partition coefficient (Wildman–Crippen LogP) is 4.35. The number of carbonyl (C=O) groups is 1. The Bertz CT molecular complexity index is 953. The van der Waals surface area contributed by atoms with Crippen molar-refractivity contribution < 1.29 is 14.1 Å². The van der Waals surface area contributed by atoms with Crippen LogP contribution in [0.2, 0.25) is 0 Å². The number of allylic oxidation sites excluding steroid dienone is 1. The molecule has 6 nitrogen and oxygen atoms in total. The van der Waals surface area contributed by atoms with Crippen molar-refractivity contribution >= 4 is 28.2 Å². The van der Waals surface area contributed by atoms with Gasteiger partial charge in [0.1, 0.15) is 18.0 Å². The number of amides is 2. The summed E-state index contributed by atoms with van der Waals surface area (Å²) in [6.45, 7) is 6.52. The van der Waals surface area contributed by atoms with E-state index in [0.717, 1.165) is 32.7 Å². The van der Waals surface area contributed by atoms with Crippen molar-refractivity contribution in [2.45, 2.75) is 13.5 Å². The van der Waals surface area contributed by atoms with E-state index in [0.29, 0.717) is 6.54 Å². The Morgan fingerprint density at radius 3 is 2.54 bits per heavy atom. The first-order valence-electron chi connectivity index (χ1n) is 8.79. The van der Waals surface area contributed by atoms with Crippen LogP contribution < -0.4 is 25.5 Å². The number of hydrogen-bond donors (Lipinski definition) is 3. The molecule has 28 heavy (non-hydrogen) atoms. The number of aryl methyl sites for hydroxylation is 1. The maximum absolute atomic E-state index is 12.2. The number of carbonyl (C=O) groups excluding carboxylic acids is 1. The van der Waals surface area contributed by atoms with Gasteiger partial charge in [0.25, 0.3) is 0 Å². The molecule has 3 rings (SSSR count). The quantitative estimate of drug-likeness (QED) is 0.316. The summed E-state index contributed by atoms with van der Waals surface area (Å²) in [6.07, 6.45) is 1.83. The maximum atomic E-state index is 12.2. The van der Waals surface area contributed by atoms with Gasteiger partial charge < -0.3 is 10.1 Å². The first kappa shape index (κ1) is 19.4. The second-order valence-corrected chi connectivity index (χ2v) is 7.21. The second-order valence-electron chi connectivity index (χ2n) is 6.01. The molecule has 0 radical (unpaired) electrons. The third kappa shape index (κ3) is 4.50. The SMILES string of the molecule is C=CC[n+]1c(NNC(=O)Nc2ccccc2)sc(C)c1-c1ccc(OC)cc1. The monoisotopic (exact) mass is 395 g/mol. The van der Waals surface area contributed by atoms with Gasteiger partial charge in [0, 0.05) is 11.3 Å². The van der Waals surface area contributed by atoms with E-state index in [1.54, 1.807) is 18.4 Å². The molecular weight excluding hydrogens is 372 g/mol. The Morgan fingerprint density at radius 2 is 1.89 bits per heavy atom. The Morgan fingerprint density at radius 1 is 1.18 bits per heavy atom. The molecule has 2 amide bonds. The molecule has 0 spiro atoms. The third-order valence-electron chi connectivity index (χ3n) is 4.09. The van der Waals surface area contributed by atoms with E-state index in [2.05, 4.69) is 34.2 Å². The summed E-state index contributed by atoms with van der Waals surface area (Å²) in [5.41, 5.74) is 8.57. The molecule has 3 aromatic rings. The molecule has 0 aliphatic rings. The van der Waals surface area contributed by atoms with Crippen LogP contribution in [0.5, 0.6) is 5.75 Å². The standard InChI is InChI=1S/C21H22N4O2S/c1-4-14-25-19(16-10-12-18(27-3)13-11-16)15(2)28-21(25)24-23-20(26)22-17-8-6-5-7-9-17/h4-13H,1,14H2,2-3H3,(H2,22,23,26)/p+1. The van der Waals surface area contributed by atoms with Crippen LogP contribution >= 0.6 is 11.3 Å². The molecule has 0 saturated carbocycles. The molecule has 7 heteroatoms. The molecule has 0 aliphatic carbocycles. The van der Waals surface area contributed by atoms with Crippen molar-refractivity contribution in [3.05, 3.63) is 72.1 Å².